The summed E-state index contributed by atoms with van der Waals surface area (Å²) in [5.41, 5.74) is -0.505. The Kier molecular flexibility index (Phi) is 3.44. The molecule has 0 fully saturated rings. The highest BCUT2D eigenvalue weighted by atomic mass is 79.9. The SMILES string of the molecule is O=c1[nH]cnc(Oc2ccc(F)cc2Br)c1Cl. The van der Waals surface area contributed by atoms with Crippen molar-refractivity contribution < 1.29 is 9.13 Å². The summed E-state index contributed by atoms with van der Waals surface area (Å²) in [5, 5.41) is -0.163. The van der Waals surface area contributed by atoms with E-state index in [0.717, 1.165) is 0 Å². The summed E-state index contributed by atoms with van der Waals surface area (Å²) < 4.78 is 18.5. The van der Waals surface area contributed by atoms with Crippen molar-refractivity contribution in [2.45, 2.75) is 0 Å². The Morgan fingerprint density at radius 1 is 1.47 bits per heavy atom. The van der Waals surface area contributed by atoms with Gasteiger partial charge in [0.25, 0.3) is 5.56 Å². The van der Waals surface area contributed by atoms with E-state index in [1.807, 2.05) is 0 Å². The maximum absolute atomic E-state index is 12.8. The molecule has 0 radical (unpaired) electrons. The molecule has 2 aromatic rings. The van der Waals surface area contributed by atoms with Crippen LogP contribution in [0.5, 0.6) is 11.6 Å². The van der Waals surface area contributed by atoms with E-state index in [0.29, 0.717) is 10.2 Å². The number of nitrogens with zero attached hydrogens (tertiary/aromatic N) is 1. The third-order valence-electron chi connectivity index (χ3n) is 1.87. The number of H-pyrrole nitrogens is 1. The molecular formula is C10H5BrClFN2O2. The lowest BCUT2D eigenvalue weighted by Gasteiger charge is -2.07. The van der Waals surface area contributed by atoms with Crippen LogP contribution in [0.15, 0.2) is 33.8 Å². The second kappa shape index (κ2) is 4.85. The first-order valence-electron chi connectivity index (χ1n) is 4.44. The zero-order valence-electron chi connectivity index (χ0n) is 8.21. The lowest BCUT2D eigenvalue weighted by atomic mass is 10.3. The monoisotopic (exact) mass is 318 g/mol. The van der Waals surface area contributed by atoms with Gasteiger partial charge in [0.05, 0.1) is 10.8 Å². The van der Waals surface area contributed by atoms with Crippen molar-refractivity contribution in [3.63, 3.8) is 0 Å². The lowest BCUT2D eigenvalue weighted by molar-refractivity contribution is 0.456. The summed E-state index contributed by atoms with van der Waals surface area (Å²) in [6, 6.07) is 3.86. The normalized spacial score (nSPS) is 10.3. The van der Waals surface area contributed by atoms with Crippen molar-refractivity contribution in [3.05, 3.63) is 50.2 Å². The Balaban J connectivity index is 2.38. The average molecular weight is 320 g/mol. The second-order valence-corrected chi connectivity index (χ2v) is 4.26. The van der Waals surface area contributed by atoms with Crippen molar-refractivity contribution in [3.8, 4) is 11.6 Å². The smallest absolute Gasteiger partial charge is 0.273 e. The molecule has 0 bridgehead atoms. The van der Waals surface area contributed by atoms with Crippen LogP contribution in [-0.4, -0.2) is 9.97 Å². The largest absolute Gasteiger partial charge is 0.436 e. The van der Waals surface area contributed by atoms with E-state index in [4.69, 9.17) is 16.3 Å². The molecule has 0 amide bonds. The Labute approximate surface area is 109 Å². The summed E-state index contributed by atoms with van der Waals surface area (Å²) in [6.45, 7) is 0. The van der Waals surface area contributed by atoms with Crippen LogP contribution in [0, 0.1) is 5.82 Å². The number of aromatic amines is 1. The molecule has 1 N–H and O–H groups in total. The van der Waals surface area contributed by atoms with E-state index in [-0.39, 0.29) is 10.9 Å². The van der Waals surface area contributed by atoms with Crippen LogP contribution in [-0.2, 0) is 0 Å². The van der Waals surface area contributed by atoms with Crippen molar-refractivity contribution in [2.75, 3.05) is 0 Å². The molecule has 17 heavy (non-hydrogen) atoms. The number of hydrogen-bond acceptors (Lipinski definition) is 3. The minimum atomic E-state index is -0.505. The molecular weight excluding hydrogens is 314 g/mol. The second-order valence-electron chi connectivity index (χ2n) is 3.03. The third kappa shape index (κ3) is 2.65. The van der Waals surface area contributed by atoms with E-state index >= 15 is 0 Å². The van der Waals surface area contributed by atoms with Crippen LogP contribution in [0.3, 0.4) is 0 Å². The first-order chi connectivity index (χ1) is 8.08. The van der Waals surface area contributed by atoms with E-state index < -0.39 is 11.4 Å². The zero-order chi connectivity index (χ0) is 12.4. The molecule has 1 aromatic heterocycles. The first-order valence-corrected chi connectivity index (χ1v) is 5.61. The van der Waals surface area contributed by atoms with Gasteiger partial charge >= 0.3 is 0 Å². The summed E-state index contributed by atoms with van der Waals surface area (Å²) in [7, 11) is 0. The summed E-state index contributed by atoms with van der Waals surface area (Å²) in [4.78, 5) is 17.3. The third-order valence-corrected chi connectivity index (χ3v) is 2.82. The summed E-state index contributed by atoms with van der Waals surface area (Å²) >= 11 is 8.83. The van der Waals surface area contributed by atoms with Gasteiger partial charge in [-0.2, -0.15) is 0 Å². The Morgan fingerprint density at radius 2 is 2.24 bits per heavy atom. The molecule has 0 aliphatic carbocycles. The van der Waals surface area contributed by atoms with Crippen molar-refractivity contribution >= 4 is 27.5 Å². The summed E-state index contributed by atoms with van der Waals surface area (Å²) in [6.07, 6.45) is 1.17. The molecule has 0 saturated carbocycles. The number of ether oxygens (including phenoxy) is 1. The highest BCUT2D eigenvalue weighted by Gasteiger charge is 2.10. The van der Waals surface area contributed by atoms with Crippen LogP contribution in [0.2, 0.25) is 5.02 Å². The number of nitrogens with one attached hydrogen (secondary N) is 1. The molecule has 0 aliphatic rings. The van der Waals surface area contributed by atoms with Gasteiger partial charge in [0.15, 0.2) is 5.02 Å². The van der Waals surface area contributed by atoms with Gasteiger partial charge in [0, 0.05) is 0 Å². The Bertz CT molecular complexity index is 617. The van der Waals surface area contributed by atoms with Gasteiger partial charge in [-0.25, -0.2) is 9.37 Å². The van der Waals surface area contributed by atoms with Gasteiger partial charge < -0.3 is 9.72 Å². The summed E-state index contributed by atoms with van der Waals surface area (Å²) in [5.74, 6) is -0.136. The van der Waals surface area contributed by atoms with E-state index in [9.17, 15) is 9.18 Å². The van der Waals surface area contributed by atoms with Gasteiger partial charge in [0.2, 0.25) is 5.88 Å². The van der Waals surface area contributed by atoms with Crippen LogP contribution in [0.25, 0.3) is 0 Å². The van der Waals surface area contributed by atoms with Crippen LogP contribution in [0.4, 0.5) is 4.39 Å². The van der Waals surface area contributed by atoms with Gasteiger partial charge in [-0.3, -0.25) is 4.79 Å². The topological polar surface area (TPSA) is 55.0 Å². The van der Waals surface area contributed by atoms with Crippen molar-refractivity contribution in [1.82, 2.24) is 9.97 Å². The van der Waals surface area contributed by atoms with Crippen LogP contribution in [0.1, 0.15) is 0 Å². The van der Waals surface area contributed by atoms with Crippen LogP contribution >= 0.6 is 27.5 Å². The molecule has 4 nitrogen and oxygen atoms in total. The molecule has 7 heteroatoms. The molecule has 1 aromatic carbocycles. The number of halogens is 3. The van der Waals surface area contributed by atoms with Gasteiger partial charge in [-0.1, -0.05) is 11.6 Å². The average Bonchev–Trinajstić information content (AvgIpc) is 2.28. The van der Waals surface area contributed by atoms with Gasteiger partial charge in [-0.15, -0.1) is 0 Å². The quantitative estimate of drug-likeness (QED) is 0.925. The predicted molar refractivity (Wildman–Crippen MR) is 64.0 cm³/mol. The van der Waals surface area contributed by atoms with E-state index in [2.05, 4.69) is 25.9 Å². The maximum Gasteiger partial charge on any atom is 0.273 e. The minimum absolute atomic E-state index is 0.0391. The van der Waals surface area contributed by atoms with Gasteiger partial charge in [-0.05, 0) is 34.1 Å². The van der Waals surface area contributed by atoms with E-state index in [1.54, 1.807) is 0 Å². The number of hydrogen-bond donors (Lipinski definition) is 1. The zero-order valence-corrected chi connectivity index (χ0v) is 10.5. The molecule has 0 aliphatic heterocycles. The van der Waals surface area contributed by atoms with Crippen molar-refractivity contribution in [2.24, 2.45) is 0 Å². The molecule has 0 saturated heterocycles. The number of aromatic nitrogens is 2. The molecule has 88 valence electrons. The fourth-order valence-electron chi connectivity index (χ4n) is 1.10. The number of benzene rings is 1. The number of rotatable bonds is 2. The Morgan fingerprint density at radius 3 is 2.94 bits per heavy atom. The molecule has 1 heterocycles. The molecule has 0 unspecified atom stereocenters. The fraction of sp³-hybridized carbons (Fsp3) is 0. The maximum atomic E-state index is 12.8. The fourth-order valence-corrected chi connectivity index (χ4v) is 1.67. The molecule has 0 spiro atoms. The lowest BCUT2D eigenvalue weighted by Crippen LogP contribution is -2.07. The predicted octanol–water partition coefficient (Wildman–Crippen LogP) is 3.12. The molecule has 2 rings (SSSR count). The van der Waals surface area contributed by atoms with Crippen LogP contribution < -0.4 is 10.3 Å². The first kappa shape index (κ1) is 12.1. The Hall–Kier alpha value is -1.40. The minimum Gasteiger partial charge on any atom is -0.436 e. The van der Waals surface area contributed by atoms with Crippen molar-refractivity contribution in [1.29, 1.82) is 0 Å². The van der Waals surface area contributed by atoms with Gasteiger partial charge in [0.1, 0.15) is 11.6 Å². The standard InChI is InChI=1S/C10H5BrClFN2O2/c11-6-3-5(13)1-2-7(6)17-10-8(12)9(16)14-4-15-10/h1-4H,(H,14,15,16). The molecule has 0 atom stereocenters. The highest BCUT2D eigenvalue weighted by Crippen LogP contribution is 2.30. The van der Waals surface area contributed by atoms with E-state index in [1.165, 1.54) is 24.5 Å². The highest BCUT2D eigenvalue weighted by molar-refractivity contribution is 9.10.